The summed E-state index contributed by atoms with van der Waals surface area (Å²) in [7, 11) is 1.59. The van der Waals surface area contributed by atoms with Crippen LogP contribution in [0.5, 0.6) is 5.75 Å². The van der Waals surface area contributed by atoms with Gasteiger partial charge in [-0.05, 0) is 73.4 Å². The highest BCUT2D eigenvalue weighted by Gasteiger charge is 2.27. The number of nitrogens with zero attached hydrogens (tertiary/aromatic N) is 1. The zero-order valence-electron chi connectivity index (χ0n) is 19.5. The van der Waals surface area contributed by atoms with Crippen LogP contribution in [0.1, 0.15) is 46.0 Å². The fourth-order valence-electron chi connectivity index (χ4n) is 4.59. The zero-order chi connectivity index (χ0) is 24.1. The Morgan fingerprint density at radius 3 is 2.41 bits per heavy atom. The third-order valence-corrected chi connectivity index (χ3v) is 6.41. The molecule has 3 aromatic rings. The van der Waals surface area contributed by atoms with Gasteiger partial charge in [-0.2, -0.15) is 0 Å². The molecule has 5 nitrogen and oxygen atoms in total. The molecule has 0 atom stereocenters. The number of anilines is 2. The van der Waals surface area contributed by atoms with Gasteiger partial charge in [0.25, 0.3) is 5.91 Å². The van der Waals surface area contributed by atoms with Crippen molar-refractivity contribution < 1.29 is 18.7 Å². The van der Waals surface area contributed by atoms with Crippen molar-refractivity contribution in [2.45, 2.75) is 26.2 Å². The molecule has 1 aliphatic rings. The Kier molecular flexibility index (Phi) is 7.26. The number of hydrogen-bond donors (Lipinski definition) is 1. The third kappa shape index (κ3) is 5.11. The molecule has 0 aliphatic carbocycles. The number of Topliss-reactive ketones (excluding diaryl/α,β-unsaturated/α-hetero) is 1. The molecule has 176 valence electrons. The van der Waals surface area contributed by atoms with E-state index in [4.69, 9.17) is 4.74 Å². The van der Waals surface area contributed by atoms with Crippen LogP contribution in [-0.2, 0) is 6.42 Å². The van der Waals surface area contributed by atoms with Gasteiger partial charge < -0.3 is 15.0 Å². The van der Waals surface area contributed by atoms with Gasteiger partial charge in [0.1, 0.15) is 11.6 Å². The molecule has 1 saturated heterocycles. The molecule has 1 heterocycles. The van der Waals surface area contributed by atoms with Crippen molar-refractivity contribution >= 4 is 23.1 Å². The van der Waals surface area contributed by atoms with Gasteiger partial charge in [0.2, 0.25) is 0 Å². The summed E-state index contributed by atoms with van der Waals surface area (Å²) in [5.74, 6) is 0.176. The number of halogens is 1. The number of ether oxygens (including phenoxy) is 1. The Balaban J connectivity index is 1.47. The molecule has 1 N–H and O–H groups in total. The molecular formula is C28H29FN2O3. The molecular weight excluding hydrogens is 431 g/mol. The van der Waals surface area contributed by atoms with E-state index in [-0.39, 0.29) is 23.4 Å². The molecule has 0 aromatic heterocycles. The maximum absolute atomic E-state index is 13.2. The lowest BCUT2D eigenvalue weighted by Gasteiger charge is -2.34. The van der Waals surface area contributed by atoms with Gasteiger partial charge in [-0.15, -0.1) is 0 Å². The van der Waals surface area contributed by atoms with Gasteiger partial charge in [0.15, 0.2) is 5.78 Å². The lowest BCUT2D eigenvalue weighted by atomic mass is 9.88. The highest BCUT2D eigenvalue weighted by molar-refractivity contribution is 6.06. The lowest BCUT2D eigenvalue weighted by Crippen LogP contribution is -2.37. The van der Waals surface area contributed by atoms with Gasteiger partial charge in [-0.3, -0.25) is 9.59 Å². The predicted molar refractivity (Wildman–Crippen MR) is 132 cm³/mol. The summed E-state index contributed by atoms with van der Waals surface area (Å²) >= 11 is 0. The van der Waals surface area contributed by atoms with Gasteiger partial charge in [0.05, 0.1) is 7.11 Å². The van der Waals surface area contributed by atoms with Crippen molar-refractivity contribution in [3.63, 3.8) is 0 Å². The van der Waals surface area contributed by atoms with E-state index in [9.17, 15) is 14.0 Å². The van der Waals surface area contributed by atoms with Crippen molar-refractivity contribution in [1.82, 2.24) is 0 Å². The van der Waals surface area contributed by atoms with Crippen LogP contribution in [0.15, 0.2) is 66.7 Å². The number of rotatable bonds is 7. The van der Waals surface area contributed by atoms with E-state index < -0.39 is 0 Å². The van der Waals surface area contributed by atoms with E-state index in [0.717, 1.165) is 37.2 Å². The van der Waals surface area contributed by atoms with E-state index >= 15 is 0 Å². The molecule has 0 unspecified atom stereocenters. The molecule has 4 rings (SSSR count). The van der Waals surface area contributed by atoms with E-state index in [0.29, 0.717) is 29.0 Å². The minimum absolute atomic E-state index is 0.0711. The molecule has 1 amide bonds. The summed E-state index contributed by atoms with van der Waals surface area (Å²) in [6.07, 6.45) is 2.16. The maximum atomic E-state index is 13.2. The fraction of sp³-hybridized carbons (Fsp3) is 0.286. The quantitative estimate of drug-likeness (QED) is 0.456. The number of piperidine rings is 1. The second kappa shape index (κ2) is 10.5. The Morgan fingerprint density at radius 2 is 1.74 bits per heavy atom. The first-order chi connectivity index (χ1) is 16.5. The molecule has 0 spiro atoms. The highest BCUT2D eigenvalue weighted by atomic mass is 19.1. The van der Waals surface area contributed by atoms with Crippen molar-refractivity contribution in [3.05, 3.63) is 89.2 Å². The minimum Gasteiger partial charge on any atom is -0.497 e. The average molecular weight is 461 g/mol. The normalized spacial score (nSPS) is 14.0. The van der Waals surface area contributed by atoms with Crippen LogP contribution in [0.3, 0.4) is 0 Å². The summed E-state index contributed by atoms with van der Waals surface area (Å²) in [4.78, 5) is 28.2. The summed E-state index contributed by atoms with van der Waals surface area (Å²) in [6, 6.07) is 18.9. The zero-order valence-corrected chi connectivity index (χ0v) is 19.5. The average Bonchev–Trinajstić information content (AvgIpc) is 2.88. The Labute approximate surface area is 199 Å². The van der Waals surface area contributed by atoms with Gasteiger partial charge in [-0.1, -0.05) is 19.1 Å². The van der Waals surface area contributed by atoms with Crippen LogP contribution < -0.4 is 15.0 Å². The maximum Gasteiger partial charge on any atom is 0.256 e. The van der Waals surface area contributed by atoms with Crippen LogP contribution in [0.2, 0.25) is 0 Å². The van der Waals surface area contributed by atoms with Gasteiger partial charge in [-0.25, -0.2) is 4.39 Å². The molecule has 1 fully saturated rings. The molecule has 0 bridgehead atoms. The van der Waals surface area contributed by atoms with Crippen molar-refractivity contribution in [2.75, 3.05) is 30.4 Å². The molecule has 0 radical (unpaired) electrons. The molecule has 6 heteroatoms. The van der Waals surface area contributed by atoms with Crippen LogP contribution in [0.4, 0.5) is 15.8 Å². The summed E-state index contributed by atoms with van der Waals surface area (Å²) in [5.41, 5.74) is 3.91. The SMILES string of the molecule is CCc1c(C(=O)Nc2cccc(OC)c2)cccc1N1CCC(C(=O)c2ccc(F)cc2)CC1. The van der Waals surface area contributed by atoms with E-state index in [2.05, 4.69) is 10.2 Å². The molecule has 0 saturated carbocycles. The predicted octanol–water partition coefficient (Wildman–Crippen LogP) is 5.75. The second-order valence-electron chi connectivity index (χ2n) is 8.48. The summed E-state index contributed by atoms with van der Waals surface area (Å²) in [6.45, 7) is 3.50. The first kappa shape index (κ1) is 23.5. The first-order valence-electron chi connectivity index (χ1n) is 11.6. The van der Waals surface area contributed by atoms with Crippen LogP contribution in [0.25, 0.3) is 0 Å². The number of carbonyl (C=O) groups excluding carboxylic acids is 2. The fourth-order valence-corrected chi connectivity index (χ4v) is 4.59. The Hall–Kier alpha value is -3.67. The monoisotopic (exact) mass is 460 g/mol. The van der Waals surface area contributed by atoms with Crippen LogP contribution >= 0.6 is 0 Å². The highest BCUT2D eigenvalue weighted by Crippen LogP contribution is 2.31. The topological polar surface area (TPSA) is 58.6 Å². The van der Waals surface area contributed by atoms with E-state index in [1.54, 1.807) is 25.3 Å². The third-order valence-electron chi connectivity index (χ3n) is 6.41. The smallest absolute Gasteiger partial charge is 0.256 e. The second-order valence-corrected chi connectivity index (χ2v) is 8.48. The number of nitrogens with one attached hydrogen (secondary N) is 1. The van der Waals surface area contributed by atoms with Crippen molar-refractivity contribution in [1.29, 1.82) is 0 Å². The minimum atomic E-state index is -0.339. The number of benzene rings is 3. The molecule has 3 aromatic carbocycles. The first-order valence-corrected chi connectivity index (χ1v) is 11.6. The van der Waals surface area contributed by atoms with Gasteiger partial charge >= 0.3 is 0 Å². The van der Waals surface area contributed by atoms with Crippen molar-refractivity contribution in [3.8, 4) is 5.75 Å². The largest absolute Gasteiger partial charge is 0.497 e. The molecule has 34 heavy (non-hydrogen) atoms. The number of hydrogen-bond acceptors (Lipinski definition) is 4. The number of methoxy groups -OCH3 is 1. The van der Waals surface area contributed by atoms with Crippen LogP contribution in [-0.4, -0.2) is 31.9 Å². The van der Waals surface area contributed by atoms with Crippen molar-refractivity contribution in [2.24, 2.45) is 5.92 Å². The summed E-state index contributed by atoms with van der Waals surface area (Å²) < 4.78 is 18.4. The number of amides is 1. The standard InChI is InChI=1S/C28H29FN2O3/c1-3-24-25(28(33)30-22-6-4-7-23(18-22)34-2)8-5-9-26(24)31-16-14-20(15-17-31)27(32)19-10-12-21(29)13-11-19/h4-13,18,20H,3,14-17H2,1-2H3,(H,30,33). The van der Waals surface area contributed by atoms with E-state index in [1.807, 2.05) is 43.3 Å². The van der Waals surface area contributed by atoms with Crippen LogP contribution in [0, 0.1) is 11.7 Å². The number of carbonyl (C=O) groups is 2. The Morgan fingerprint density at radius 1 is 1.03 bits per heavy atom. The number of ketones is 1. The Bertz CT molecular complexity index is 1170. The van der Waals surface area contributed by atoms with Gasteiger partial charge in [0, 0.05) is 47.6 Å². The summed E-state index contributed by atoms with van der Waals surface area (Å²) in [5, 5.41) is 2.97. The lowest BCUT2D eigenvalue weighted by molar-refractivity contribution is 0.0900. The molecule has 1 aliphatic heterocycles. The van der Waals surface area contributed by atoms with E-state index in [1.165, 1.54) is 12.1 Å².